The maximum Gasteiger partial charge on any atom is 0.226 e. The SMILES string of the molecule is C#C.C=C.COc1cc(CC(=O)N(C)[C@@H](C)Cc2ccccc2)cc(OC)c1OC. The van der Waals surface area contributed by atoms with E-state index >= 15 is 0 Å². The Bertz CT molecular complexity index is 761. The Morgan fingerprint density at radius 2 is 1.47 bits per heavy atom. The molecule has 0 heterocycles. The van der Waals surface area contributed by atoms with Crippen molar-refractivity contribution in [2.24, 2.45) is 0 Å². The molecule has 2 aromatic carbocycles. The number of benzene rings is 2. The van der Waals surface area contributed by atoms with E-state index in [1.807, 2.05) is 37.4 Å². The topological polar surface area (TPSA) is 48.0 Å². The fraction of sp³-hybridized carbons (Fsp3) is 0.320. The predicted octanol–water partition coefficient (Wildman–Crippen LogP) is 4.40. The van der Waals surface area contributed by atoms with Gasteiger partial charge in [-0.05, 0) is 36.6 Å². The first kappa shape index (κ1) is 26.6. The van der Waals surface area contributed by atoms with Crippen molar-refractivity contribution >= 4 is 5.91 Å². The molecule has 1 amide bonds. The molecule has 0 aliphatic carbocycles. The molecule has 0 spiro atoms. The molecule has 2 aromatic rings. The number of amides is 1. The lowest BCUT2D eigenvalue weighted by molar-refractivity contribution is -0.130. The van der Waals surface area contributed by atoms with Gasteiger partial charge >= 0.3 is 0 Å². The highest BCUT2D eigenvalue weighted by atomic mass is 16.5. The average molecular weight is 412 g/mol. The van der Waals surface area contributed by atoms with E-state index in [9.17, 15) is 4.79 Å². The van der Waals surface area contributed by atoms with Crippen LogP contribution in [0.4, 0.5) is 0 Å². The summed E-state index contributed by atoms with van der Waals surface area (Å²) >= 11 is 0. The second-order valence-electron chi connectivity index (χ2n) is 6.25. The molecule has 0 radical (unpaired) electrons. The van der Waals surface area contributed by atoms with Crippen LogP contribution < -0.4 is 14.2 Å². The van der Waals surface area contributed by atoms with Crippen molar-refractivity contribution in [2.45, 2.75) is 25.8 Å². The third-order valence-electron chi connectivity index (χ3n) is 4.51. The van der Waals surface area contributed by atoms with E-state index in [1.165, 1.54) is 5.56 Å². The molecule has 0 saturated carbocycles. The number of nitrogens with zero attached hydrogens (tertiary/aromatic N) is 1. The zero-order valence-electron chi connectivity index (χ0n) is 18.7. The van der Waals surface area contributed by atoms with Crippen LogP contribution in [0.3, 0.4) is 0 Å². The minimum absolute atomic E-state index is 0.0442. The first-order valence-electron chi connectivity index (χ1n) is 9.42. The van der Waals surface area contributed by atoms with E-state index in [1.54, 1.807) is 26.2 Å². The molecule has 162 valence electrons. The van der Waals surface area contributed by atoms with E-state index in [0.717, 1.165) is 12.0 Å². The van der Waals surface area contributed by atoms with Crippen LogP contribution in [-0.4, -0.2) is 45.2 Å². The van der Waals surface area contributed by atoms with E-state index in [2.05, 4.69) is 45.1 Å². The van der Waals surface area contributed by atoms with Crippen molar-refractivity contribution in [3.8, 4) is 30.1 Å². The van der Waals surface area contributed by atoms with Crippen molar-refractivity contribution in [1.82, 2.24) is 4.90 Å². The molecule has 5 nitrogen and oxygen atoms in total. The zero-order valence-corrected chi connectivity index (χ0v) is 18.7. The van der Waals surface area contributed by atoms with Gasteiger partial charge in [-0.15, -0.1) is 26.0 Å². The van der Waals surface area contributed by atoms with Crippen LogP contribution in [0.2, 0.25) is 0 Å². The van der Waals surface area contributed by atoms with Gasteiger partial charge in [-0.1, -0.05) is 30.3 Å². The number of hydrogen-bond donors (Lipinski definition) is 0. The number of rotatable bonds is 8. The highest BCUT2D eigenvalue weighted by Crippen LogP contribution is 2.38. The zero-order chi connectivity index (χ0) is 23.1. The van der Waals surface area contributed by atoms with Gasteiger partial charge in [0.15, 0.2) is 11.5 Å². The number of likely N-dealkylation sites (N-methyl/N-ethyl adjacent to an activating group) is 1. The maximum atomic E-state index is 12.7. The summed E-state index contributed by atoms with van der Waals surface area (Å²) in [6.07, 6.45) is 9.09. The van der Waals surface area contributed by atoms with Gasteiger partial charge in [0.2, 0.25) is 11.7 Å². The fourth-order valence-electron chi connectivity index (χ4n) is 2.87. The van der Waals surface area contributed by atoms with Gasteiger partial charge in [-0.3, -0.25) is 4.79 Å². The van der Waals surface area contributed by atoms with Crippen LogP contribution in [0.5, 0.6) is 17.2 Å². The van der Waals surface area contributed by atoms with Crippen molar-refractivity contribution in [1.29, 1.82) is 0 Å². The van der Waals surface area contributed by atoms with Gasteiger partial charge in [0.1, 0.15) is 0 Å². The molecular weight excluding hydrogens is 378 g/mol. The second kappa shape index (κ2) is 14.6. The minimum atomic E-state index is 0.0442. The Kier molecular flexibility index (Phi) is 12.9. The molecule has 0 N–H and O–H groups in total. The molecule has 1 atom stereocenters. The fourth-order valence-corrected chi connectivity index (χ4v) is 2.87. The monoisotopic (exact) mass is 411 g/mol. The number of terminal acetylenes is 1. The lowest BCUT2D eigenvalue weighted by Gasteiger charge is -2.25. The van der Waals surface area contributed by atoms with Crippen LogP contribution in [0, 0.1) is 12.8 Å². The summed E-state index contributed by atoms with van der Waals surface area (Å²) in [4.78, 5) is 14.5. The Morgan fingerprint density at radius 1 is 0.967 bits per heavy atom. The van der Waals surface area contributed by atoms with Crippen molar-refractivity contribution in [3.63, 3.8) is 0 Å². The Hall–Kier alpha value is -3.39. The van der Waals surface area contributed by atoms with Crippen LogP contribution >= 0.6 is 0 Å². The summed E-state index contributed by atoms with van der Waals surface area (Å²) in [6.45, 7) is 8.06. The molecule has 0 unspecified atom stereocenters. The molecular formula is C25H33NO4. The van der Waals surface area contributed by atoms with Crippen molar-refractivity contribution in [3.05, 3.63) is 66.7 Å². The van der Waals surface area contributed by atoms with Crippen LogP contribution in [-0.2, 0) is 17.6 Å². The van der Waals surface area contributed by atoms with Crippen LogP contribution in [0.15, 0.2) is 55.6 Å². The summed E-state index contributed by atoms with van der Waals surface area (Å²) in [7, 11) is 6.53. The predicted molar refractivity (Wildman–Crippen MR) is 123 cm³/mol. The number of methoxy groups -OCH3 is 3. The van der Waals surface area contributed by atoms with E-state index in [4.69, 9.17) is 14.2 Å². The van der Waals surface area contributed by atoms with E-state index in [-0.39, 0.29) is 18.4 Å². The largest absolute Gasteiger partial charge is 0.493 e. The summed E-state index contributed by atoms with van der Waals surface area (Å²) in [6, 6.07) is 13.9. The quantitative estimate of drug-likeness (QED) is 0.477. The summed E-state index contributed by atoms with van der Waals surface area (Å²) in [5, 5.41) is 0. The van der Waals surface area contributed by atoms with Gasteiger partial charge in [0.05, 0.1) is 27.8 Å². The van der Waals surface area contributed by atoms with Gasteiger partial charge in [-0.25, -0.2) is 0 Å². The normalized spacial score (nSPS) is 10.2. The molecule has 0 aromatic heterocycles. The summed E-state index contributed by atoms with van der Waals surface area (Å²) in [5.74, 6) is 1.67. The van der Waals surface area contributed by atoms with Gasteiger partial charge in [0.25, 0.3) is 0 Å². The number of carbonyl (C=O) groups excluding carboxylic acids is 1. The Balaban J connectivity index is 0.00000198. The standard InChI is InChI=1S/C21H27NO4.C2H4.C2H2/c1-15(11-16-9-7-6-8-10-16)22(2)20(23)14-17-12-18(24-3)21(26-5)19(13-17)25-4;2*1-2/h6-10,12-13,15H,11,14H2,1-5H3;1-2H2;1-2H/t15-;;/m0../s1. The molecule has 0 aliphatic heterocycles. The minimum Gasteiger partial charge on any atom is -0.493 e. The highest BCUT2D eigenvalue weighted by Gasteiger charge is 2.19. The van der Waals surface area contributed by atoms with Gasteiger partial charge < -0.3 is 19.1 Å². The number of ether oxygens (including phenoxy) is 3. The maximum absolute atomic E-state index is 12.7. The third-order valence-corrected chi connectivity index (χ3v) is 4.51. The van der Waals surface area contributed by atoms with Crippen LogP contribution in [0.1, 0.15) is 18.1 Å². The number of hydrogen-bond acceptors (Lipinski definition) is 4. The molecule has 0 bridgehead atoms. The van der Waals surface area contributed by atoms with Gasteiger partial charge in [-0.2, -0.15) is 0 Å². The highest BCUT2D eigenvalue weighted by molar-refractivity contribution is 5.79. The smallest absolute Gasteiger partial charge is 0.226 e. The van der Waals surface area contributed by atoms with Crippen LogP contribution in [0.25, 0.3) is 0 Å². The molecule has 30 heavy (non-hydrogen) atoms. The molecule has 0 aliphatic rings. The first-order chi connectivity index (χ1) is 14.5. The van der Waals surface area contributed by atoms with Gasteiger partial charge in [0, 0.05) is 13.1 Å². The summed E-state index contributed by atoms with van der Waals surface area (Å²) in [5.41, 5.74) is 2.04. The van der Waals surface area contributed by atoms with E-state index in [0.29, 0.717) is 17.2 Å². The molecule has 0 saturated heterocycles. The Morgan fingerprint density at radius 3 is 1.90 bits per heavy atom. The lowest BCUT2D eigenvalue weighted by atomic mass is 10.0. The molecule has 2 rings (SSSR count). The van der Waals surface area contributed by atoms with E-state index < -0.39 is 0 Å². The first-order valence-corrected chi connectivity index (χ1v) is 9.42. The molecule has 5 heteroatoms. The third kappa shape index (κ3) is 7.56. The Labute approximate surface area is 181 Å². The number of carbonyl (C=O) groups is 1. The van der Waals surface area contributed by atoms with Crippen molar-refractivity contribution < 1.29 is 19.0 Å². The van der Waals surface area contributed by atoms with Crippen molar-refractivity contribution in [2.75, 3.05) is 28.4 Å². The second-order valence-corrected chi connectivity index (χ2v) is 6.25. The molecule has 0 fully saturated rings. The lowest BCUT2D eigenvalue weighted by Crippen LogP contribution is -2.37. The average Bonchev–Trinajstić information content (AvgIpc) is 2.80. The summed E-state index contributed by atoms with van der Waals surface area (Å²) < 4.78 is 16.0.